The van der Waals surface area contributed by atoms with Crippen molar-refractivity contribution in [2.75, 3.05) is 19.9 Å². The molecule has 1 amide bonds. The van der Waals surface area contributed by atoms with E-state index in [1.165, 1.54) is 6.07 Å². The number of aliphatic carboxylic acids is 1. The Morgan fingerprint density at radius 1 is 0.867 bits per heavy atom. The summed E-state index contributed by atoms with van der Waals surface area (Å²) in [6.07, 6.45) is -0.275. The molecule has 0 bridgehead atoms. The number of fused-ring (bicyclic) bond motifs is 2. The number of carbonyl (C=O) groups excluding carboxylic acids is 1. The maximum atomic E-state index is 13.6. The van der Waals surface area contributed by atoms with Crippen molar-refractivity contribution >= 4 is 32.7 Å². The van der Waals surface area contributed by atoms with E-state index in [2.05, 4.69) is 28.8 Å². The molecule has 5 rings (SSSR count). The average molecular weight is 632 g/mol. The van der Waals surface area contributed by atoms with Crippen LogP contribution >= 0.6 is 0 Å². The fraction of sp³-hybridized carbons (Fsp3) is 0.294. The molecule has 236 valence electrons. The van der Waals surface area contributed by atoms with Gasteiger partial charge in [0.2, 0.25) is 22.7 Å². The molecule has 0 fully saturated rings. The van der Waals surface area contributed by atoms with Crippen molar-refractivity contribution in [2.24, 2.45) is 0 Å². The monoisotopic (exact) mass is 631 g/mol. The first-order valence-electron chi connectivity index (χ1n) is 14.9. The lowest BCUT2D eigenvalue weighted by atomic mass is 10.0. The summed E-state index contributed by atoms with van der Waals surface area (Å²) < 4.78 is 40.7. The Morgan fingerprint density at radius 3 is 2.27 bits per heavy atom. The van der Waals surface area contributed by atoms with Crippen LogP contribution in [-0.4, -0.2) is 56.2 Å². The van der Waals surface area contributed by atoms with Crippen molar-refractivity contribution in [2.45, 2.75) is 50.2 Å². The quantitative estimate of drug-likeness (QED) is 0.183. The van der Waals surface area contributed by atoms with Gasteiger partial charge >= 0.3 is 5.97 Å². The highest BCUT2D eigenvalue weighted by molar-refractivity contribution is 7.89. The maximum Gasteiger partial charge on any atom is 0.326 e. The third-order valence-electron chi connectivity index (χ3n) is 7.91. The second-order valence-electron chi connectivity index (χ2n) is 10.9. The molecule has 2 atom stereocenters. The number of carboxylic acids is 1. The zero-order valence-electron chi connectivity index (χ0n) is 25.2. The molecule has 4 aromatic rings. The highest BCUT2D eigenvalue weighted by Crippen LogP contribution is 2.35. The molecule has 10 nitrogen and oxygen atoms in total. The molecule has 11 heteroatoms. The van der Waals surface area contributed by atoms with E-state index >= 15 is 0 Å². The van der Waals surface area contributed by atoms with Gasteiger partial charge in [-0.1, -0.05) is 74.5 Å². The van der Waals surface area contributed by atoms with E-state index < -0.39 is 34.0 Å². The van der Waals surface area contributed by atoms with Crippen LogP contribution in [0.4, 0.5) is 0 Å². The minimum absolute atomic E-state index is 0.0312. The second kappa shape index (κ2) is 14.1. The lowest BCUT2D eigenvalue weighted by molar-refractivity contribution is -0.141. The molecule has 1 aliphatic rings. The number of nitrogens with one attached hydrogen (secondary N) is 2. The number of carboxylic acid groups (broad SMARTS) is 1. The predicted molar refractivity (Wildman–Crippen MR) is 171 cm³/mol. The Morgan fingerprint density at radius 2 is 1.56 bits per heavy atom. The minimum atomic E-state index is -4.09. The maximum absolute atomic E-state index is 13.6. The van der Waals surface area contributed by atoms with E-state index in [0.29, 0.717) is 17.1 Å². The van der Waals surface area contributed by atoms with Gasteiger partial charge < -0.3 is 19.9 Å². The highest BCUT2D eigenvalue weighted by atomic mass is 32.2. The van der Waals surface area contributed by atoms with Gasteiger partial charge in [0.25, 0.3) is 0 Å². The smallest absolute Gasteiger partial charge is 0.326 e. The van der Waals surface area contributed by atoms with Gasteiger partial charge in [-0.15, -0.1) is 0 Å². The Kier molecular flexibility index (Phi) is 10.0. The van der Waals surface area contributed by atoms with Gasteiger partial charge in [-0.05, 0) is 64.8 Å². The van der Waals surface area contributed by atoms with Gasteiger partial charge in [-0.2, -0.15) is 0 Å². The molecule has 1 heterocycles. The van der Waals surface area contributed by atoms with Crippen LogP contribution in [0.1, 0.15) is 43.0 Å². The molecule has 1 aliphatic heterocycles. The first-order valence-corrected chi connectivity index (χ1v) is 16.4. The van der Waals surface area contributed by atoms with Crippen molar-refractivity contribution in [1.29, 1.82) is 0 Å². The van der Waals surface area contributed by atoms with Gasteiger partial charge in [0.15, 0.2) is 11.5 Å². The topological polar surface area (TPSA) is 134 Å². The molecule has 0 aliphatic carbocycles. The van der Waals surface area contributed by atoms with E-state index in [-0.39, 0.29) is 24.5 Å². The molecule has 0 radical (unpaired) electrons. The van der Waals surface area contributed by atoms with Crippen molar-refractivity contribution < 1.29 is 32.6 Å². The summed E-state index contributed by atoms with van der Waals surface area (Å²) in [5.41, 5.74) is 2.34. The van der Waals surface area contributed by atoms with Crippen molar-refractivity contribution in [3.8, 4) is 11.5 Å². The van der Waals surface area contributed by atoms with Crippen LogP contribution in [-0.2, 0) is 32.6 Å². The minimum Gasteiger partial charge on any atom is -0.480 e. The van der Waals surface area contributed by atoms with Crippen LogP contribution in [0.15, 0.2) is 89.8 Å². The van der Waals surface area contributed by atoms with Crippen molar-refractivity contribution in [3.05, 3.63) is 102 Å². The van der Waals surface area contributed by atoms with E-state index in [1.54, 1.807) is 30.3 Å². The lowest BCUT2D eigenvalue weighted by Crippen LogP contribution is -2.44. The molecule has 0 saturated carbocycles. The van der Waals surface area contributed by atoms with Crippen LogP contribution in [0.3, 0.4) is 0 Å². The van der Waals surface area contributed by atoms with Crippen molar-refractivity contribution in [1.82, 2.24) is 14.9 Å². The number of amides is 1. The Balaban J connectivity index is 1.33. The van der Waals surface area contributed by atoms with E-state index in [1.807, 2.05) is 48.5 Å². The number of ether oxygens (including phenoxy) is 2. The summed E-state index contributed by atoms with van der Waals surface area (Å²) in [4.78, 5) is 27.8. The fourth-order valence-corrected chi connectivity index (χ4v) is 6.57. The number of carbonyl (C=O) groups is 2. The van der Waals surface area contributed by atoms with Gasteiger partial charge in [0, 0.05) is 19.4 Å². The van der Waals surface area contributed by atoms with Crippen LogP contribution in [0, 0.1) is 0 Å². The Labute approximate surface area is 263 Å². The Bertz CT molecular complexity index is 1770. The fourth-order valence-electron chi connectivity index (χ4n) is 5.31. The Hall–Kier alpha value is -4.45. The van der Waals surface area contributed by atoms with E-state index in [9.17, 15) is 23.1 Å². The summed E-state index contributed by atoms with van der Waals surface area (Å²) in [5, 5.41) is 14.2. The summed E-state index contributed by atoms with van der Waals surface area (Å²) in [6.45, 7) is 6.88. The summed E-state index contributed by atoms with van der Waals surface area (Å²) >= 11 is 0. The van der Waals surface area contributed by atoms with Gasteiger partial charge in [-0.3, -0.25) is 9.69 Å². The molecular weight excluding hydrogens is 594 g/mol. The number of sulfonamides is 1. The zero-order valence-corrected chi connectivity index (χ0v) is 26.0. The van der Waals surface area contributed by atoms with Crippen LogP contribution < -0.4 is 19.5 Å². The molecule has 3 N–H and O–H groups in total. The van der Waals surface area contributed by atoms with Gasteiger partial charge in [0.05, 0.1) is 10.9 Å². The van der Waals surface area contributed by atoms with Crippen LogP contribution in [0.5, 0.6) is 11.5 Å². The number of hydrogen-bond acceptors (Lipinski definition) is 7. The third kappa shape index (κ3) is 7.99. The predicted octanol–water partition coefficient (Wildman–Crippen LogP) is 4.63. The zero-order chi connectivity index (χ0) is 32.0. The molecule has 0 spiro atoms. The summed E-state index contributed by atoms with van der Waals surface area (Å²) in [5.74, 6) is -0.875. The molecule has 0 saturated heterocycles. The lowest BCUT2D eigenvalue weighted by Gasteiger charge is -2.21. The van der Waals surface area contributed by atoms with Gasteiger partial charge in [0.1, 0.15) is 6.04 Å². The standard InChI is InChI=1S/C34H37N3O7S/c1-3-37(4-2)21-24-11-9-23(10-12-24)17-30(34(39)40)35-33(38)20-29(27-14-16-31-32(19-27)44-22-43-31)36-45(41,42)28-15-13-25-7-5-6-8-26(25)18-28/h5-16,18-19,29-30,36H,3-4,17,20-22H2,1-2H3,(H,35,38)(H,39,40). The number of benzene rings is 4. The first kappa shape index (κ1) is 32.0. The molecule has 0 aromatic heterocycles. The molecule has 45 heavy (non-hydrogen) atoms. The third-order valence-corrected chi connectivity index (χ3v) is 9.38. The highest BCUT2D eigenvalue weighted by Gasteiger charge is 2.28. The van der Waals surface area contributed by atoms with E-state index in [4.69, 9.17) is 9.47 Å². The second-order valence-corrected chi connectivity index (χ2v) is 12.7. The first-order chi connectivity index (χ1) is 21.6. The normalized spacial score (nSPS) is 13.9. The van der Waals surface area contributed by atoms with Gasteiger partial charge in [-0.25, -0.2) is 17.9 Å². The number of nitrogens with zero attached hydrogens (tertiary/aromatic N) is 1. The largest absolute Gasteiger partial charge is 0.480 e. The summed E-state index contributed by atoms with van der Waals surface area (Å²) in [6, 6.07) is 22.6. The van der Waals surface area contributed by atoms with Crippen LogP contribution in [0.2, 0.25) is 0 Å². The SMILES string of the molecule is CCN(CC)Cc1ccc(CC(NC(=O)CC(NS(=O)(=O)c2ccc3ccccc3c2)c2ccc3c(c2)OCO3)C(=O)O)cc1. The van der Waals surface area contributed by atoms with Crippen molar-refractivity contribution in [3.63, 3.8) is 0 Å². The number of hydrogen-bond donors (Lipinski definition) is 3. The molecular formula is C34H37N3O7S. The van der Waals surface area contributed by atoms with Crippen LogP contribution in [0.25, 0.3) is 10.8 Å². The summed E-state index contributed by atoms with van der Waals surface area (Å²) in [7, 11) is -4.09. The number of rotatable bonds is 14. The molecule has 4 aromatic carbocycles. The molecule has 2 unspecified atom stereocenters. The van der Waals surface area contributed by atoms with E-state index in [0.717, 1.165) is 41.5 Å². The average Bonchev–Trinajstić information content (AvgIpc) is 3.51.